The van der Waals surface area contributed by atoms with E-state index in [1.165, 1.54) is 39.7 Å². The van der Waals surface area contributed by atoms with E-state index in [1.54, 1.807) is 13.2 Å². The van der Waals surface area contributed by atoms with Crippen LogP contribution in [0.4, 0.5) is 11.4 Å². The van der Waals surface area contributed by atoms with Crippen molar-refractivity contribution in [2.75, 3.05) is 31.7 Å². The molecule has 0 saturated carbocycles. The highest BCUT2D eigenvalue weighted by molar-refractivity contribution is 8.18. The molecule has 1 saturated heterocycles. The van der Waals surface area contributed by atoms with Gasteiger partial charge < -0.3 is 19.7 Å². The number of anilines is 1. The molecule has 3 aliphatic rings. The third-order valence-corrected chi connectivity index (χ3v) is 9.63. The van der Waals surface area contributed by atoms with Crippen LogP contribution in [0.15, 0.2) is 114 Å². The first-order chi connectivity index (χ1) is 22.1. The number of amidine groups is 1. The first kappa shape index (κ1) is 29.0. The van der Waals surface area contributed by atoms with E-state index in [9.17, 15) is 4.79 Å². The number of hydrogen-bond acceptors (Lipinski definition) is 6. The second-order valence-electron chi connectivity index (χ2n) is 11.5. The fourth-order valence-corrected chi connectivity index (χ4v) is 7.54. The number of nitrogens with one attached hydrogen (secondary N) is 1. The van der Waals surface area contributed by atoms with Gasteiger partial charge in [0.05, 0.1) is 17.7 Å². The number of carbonyl (C=O) groups is 1. The van der Waals surface area contributed by atoms with Gasteiger partial charge in [-0.2, -0.15) is 0 Å². The normalized spacial score (nSPS) is 20.6. The molecule has 2 atom stereocenters. The summed E-state index contributed by atoms with van der Waals surface area (Å²) in [6.45, 7) is 6.17. The zero-order chi connectivity index (χ0) is 30.8. The summed E-state index contributed by atoms with van der Waals surface area (Å²) in [4.78, 5) is 21.2. The number of ether oxygens (including phenoxy) is 2. The van der Waals surface area contributed by atoms with Crippen LogP contribution in [0.25, 0.3) is 6.08 Å². The molecular weight excluding hydrogens is 579 g/mol. The van der Waals surface area contributed by atoms with Gasteiger partial charge in [-0.3, -0.25) is 4.79 Å². The molecular formula is C38H35N3O3S. The van der Waals surface area contributed by atoms with Crippen LogP contribution < -0.4 is 19.7 Å². The lowest BCUT2D eigenvalue weighted by Gasteiger charge is -2.43. The lowest BCUT2D eigenvalue weighted by Crippen LogP contribution is -2.37. The van der Waals surface area contributed by atoms with Crippen LogP contribution >= 0.6 is 11.8 Å². The molecule has 45 heavy (non-hydrogen) atoms. The Kier molecular flexibility index (Phi) is 8.18. The van der Waals surface area contributed by atoms with Crippen LogP contribution in [0.5, 0.6) is 11.5 Å². The highest BCUT2D eigenvalue weighted by Gasteiger charge is 2.35. The Morgan fingerprint density at radius 2 is 1.56 bits per heavy atom. The van der Waals surface area contributed by atoms with Crippen molar-refractivity contribution in [3.8, 4) is 11.5 Å². The highest BCUT2D eigenvalue weighted by Crippen LogP contribution is 2.50. The third-order valence-electron chi connectivity index (χ3n) is 8.72. The second kappa shape index (κ2) is 12.7. The highest BCUT2D eigenvalue weighted by atomic mass is 32.2. The number of benzene rings is 4. The van der Waals surface area contributed by atoms with Gasteiger partial charge in [0.2, 0.25) is 0 Å². The van der Waals surface area contributed by atoms with Crippen molar-refractivity contribution in [2.45, 2.75) is 24.7 Å². The second-order valence-corrected chi connectivity index (χ2v) is 12.5. The summed E-state index contributed by atoms with van der Waals surface area (Å²) in [5.41, 5.74) is 8.36. The number of amides is 1. The molecule has 0 aliphatic carbocycles. The number of thioether (sulfide) groups is 1. The summed E-state index contributed by atoms with van der Waals surface area (Å²) in [5, 5.41) is 3.57. The first-order valence-electron chi connectivity index (χ1n) is 15.3. The number of rotatable bonds is 8. The van der Waals surface area contributed by atoms with Crippen LogP contribution in [0.1, 0.15) is 52.5 Å². The van der Waals surface area contributed by atoms with E-state index in [1.807, 2.05) is 24.3 Å². The Morgan fingerprint density at radius 3 is 2.16 bits per heavy atom. The smallest absolute Gasteiger partial charge is 0.264 e. The number of aliphatic imine (C=N–C) groups is 1. The van der Waals surface area contributed by atoms with Crippen LogP contribution in [0.3, 0.4) is 0 Å². The number of nitrogens with zero attached hydrogens (tertiary/aromatic N) is 2. The molecule has 6 nitrogen and oxygen atoms in total. The van der Waals surface area contributed by atoms with Crippen molar-refractivity contribution in [2.24, 2.45) is 4.99 Å². The summed E-state index contributed by atoms with van der Waals surface area (Å²) in [6.07, 6.45) is 5.66. The molecule has 4 aromatic rings. The fraction of sp³-hybridized carbons (Fsp3) is 0.211. The standard InChI is InChI=1S/C38H35N3O3S/c1-3-20-44-33-15-14-25(21-34(33)43-2)22-35-37(42)40-38(45-35)39-28-23-31-29(26-10-6-4-7-11-26)16-18-41-19-17-30(32(24-28)36(31)41)27-12-8-5-9-13-27/h3-15,21-24,29-30H,1,16-20H2,2H3,(H,39,40,42)/b35-22-/t29-,30-/m1/s1. The number of carbonyl (C=O) groups excluding carboxylic acids is 1. The van der Waals surface area contributed by atoms with Gasteiger partial charge in [-0.15, -0.1) is 0 Å². The zero-order valence-corrected chi connectivity index (χ0v) is 26.1. The molecule has 3 aliphatic heterocycles. The van der Waals surface area contributed by atoms with Gasteiger partial charge in [-0.25, -0.2) is 4.99 Å². The van der Waals surface area contributed by atoms with E-state index in [2.05, 4.69) is 89.6 Å². The van der Waals surface area contributed by atoms with Gasteiger partial charge in [0.1, 0.15) is 6.61 Å². The molecule has 3 heterocycles. The number of methoxy groups -OCH3 is 1. The Balaban J connectivity index is 1.25. The van der Waals surface area contributed by atoms with E-state index in [-0.39, 0.29) is 5.91 Å². The minimum Gasteiger partial charge on any atom is -0.493 e. The molecule has 0 bridgehead atoms. The molecule has 0 spiro atoms. The van der Waals surface area contributed by atoms with Crippen LogP contribution in [0.2, 0.25) is 0 Å². The molecule has 7 rings (SSSR count). The monoisotopic (exact) mass is 613 g/mol. The average Bonchev–Trinajstić information content (AvgIpc) is 3.42. The maximum Gasteiger partial charge on any atom is 0.264 e. The SMILES string of the molecule is C=CCOc1ccc(/C=C2\SC(=Nc3cc4c5c(c3)[C@@H](c3ccccc3)CCN5CC[C@@H]4c3ccccc3)NC2=O)cc1OC. The summed E-state index contributed by atoms with van der Waals surface area (Å²) >= 11 is 1.35. The number of hydrogen-bond donors (Lipinski definition) is 1. The molecule has 226 valence electrons. The van der Waals surface area contributed by atoms with E-state index >= 15 is 0 Å². The molecule has 1 amide bonds. The summed E-state index contributed by atoms with van der Waals surface area (Å²) < 4.78 is 11.2. The van der Waals surface area contributed by atoms with Gasteiger partial charge in [-0.1, -0.05) is 79.4 Å². The maximum atomic E-state index is 13.1. The third kappa shape index (κ3) is 5.88. The van der Waals surface area contributed by atoms with Crippen molar-refractivity contribution in [3.63, 3.8) is 0 Å². The maximum absolute atomic E-state index is 13.1. The first-order valence-corrected chi connectivity index (χ1v) is 16.2. The van der Waals surface area contributed by atoms with Crippen molar-refractivity contribution < 1.29 is 14.3 Å². The summed E-state index contributed by atoms with van der Waals surface area (Å²) in [6, 6.07) is 31.7. The van der Waals surface area contributed by atoms with Gasteiger partial charge in [-0.05, 0) is 82.8 Å². The predicted octanol–water partition coefficient (Wildman–Crippen LogP) is 8.03. The molecule has 0 radical (unpaired) electrons. The Labute approximate surface area is 268 Å². The van der Waals surface area contributed by atoms with Crippen molar-refractivity contribution in [1.29, 1.82) is 0 Å². The van der Waals surface area contributed by atoms with Crippen LogP contribution in [-0.4, -0.2) is 37.9 Å². The van der Waals surface area contributed by atoms with Gasteiger partial charge in [0.25, 0.3) is 5.91 Å². The quantitative estimate of drug-likeness (QED) is 0.161. The lowest BCUT2D eigenvalue weighted by atomic mass is 9.76. The van der Waals surface area contributed by atoms with E-state index in [0.29, 0.717) is 40.0 Å². The Bertz CT molecular complexity index is 1730. The van der Waals surface area contributed by atoms with Crippen molar-refractivity contribution in [3.05, 3.63) is 136 Å². The predicted molar refractivity (Wildman–Crippen MR) is 184 cm³/mol. The molecule has 0 aromatic heterocycles. The minimum absolute atomic E-state index is 0.167. The fourth-order valence-electron chi connectivity index (χ4n) is 6.70. The van der Waals surface area contributed by atoms with Crippen LogP contribution in [-0.2, 0) is 4.79 Å². The zero-order valence-electron chi connectivity index (χ0n) is 25.2. The van der Waals surface area contributed by atoms with Crippen LogP contribution in [0, 0.1) is 0 Å². The minimum atomic E-state index is -0.167. The molecule has 7 heteroatoms. The largest absolute Gasteiger partial charge is 0.493 e. The Morgan fingerprint density at radius 1 is 0.911 bits per heavy atom. The van der Waals surface area contributed by atoms with E-state index < -0.39 is 0 Å². The molecule has 4 aromatic carbocycles. The average molecular weight is 614 g/mol. The van der Waals surface area contributed by atoms with Crippen molar-refractivity contribution in [1.82, 2.24) is 5.32 Å². The van der Waals surface area contributed by atoms with Crippen molar-refractivity contribution >= 4 is 40.3 Å². The lowest BCUT2D eigenvalue weighted by molar-refractivity contribution is -0.115. The molecule has 1 fully saturated rings. The van der Waals surface area contributed by atoms with Gasteiger partial charge >= 0.3 is 0 Å². The molecule has 0 unspecified atom stereocenters. The summed E-state index contributed by atoms with van der Waals surface area (Å²) in [5.74, 6) is 1.64. The summed E-state index contributed by atoms with van der Waals surface area (Å²) in [7, 11) is 1.60. The molecule has 1 N–H and O–H groups in total. The topological polar surface area (TPSA) is 63.2 Å². The Hall–Kier alpha value is -4.75. The van der Waals surface area contributed by atoms with E-state index in [0.717, 1.165) is 37.2 Å². The van der Waals surface area contributed by atoms with E-state index in [4.69, 9.17) is 14.5 Å². The van der Waals surface area contributed by atoms with Gasteiger partial charge in [0.15, 0.2) is 16.7 Å². The van der Waals surface area contributed by atoms with Gasteiger partial charge in [0, 0.05) is 30.6 Å².